The quantitative estimate of drug-likeness (QED) is 0.834. The molecule has 0 saturated heterocycles. The molecule has 1 atom stereocenters. The predicted molar refractivity (Wildman–Crippen MR) is 91.0 cm³/mol. The van der Waals surface area contributed by atoms with Crippen LogP contribution in [0.15, 0.2) is 24.3 Å². The minimum Gasteiger partial charge on any atom is -0.494 e. The zero-order valence-electron chi connectivity index (χ0n) is 14.9. The number of benzene rings is 1. The van der Waals surface area contributed by atoms with Crippen molar-refractivity contribution in [3.8, 4) is 5.75 Å². The highest BCUT2D eigenvalue weighted by Crippen LogP contribution is 2.34. The van der Waals surface area contributed by atoms with Crippen molar-refractivity contribution in [2.45, 2.75) is 45.5 Å². The molecule has 3 rings (SSSR count). The van der Waals surface area contributed by atoms with Crippen molar-refractivity contribution in [1.29, 1.82) is 0 Å². The Kier molecular flexibility index (Phi) is 5.67. The third-order valence-corrected chi connectivity index (χ3v) is 4.53. The van der Waals surface area contributed by atoms with Crippen molar-refractivity contribution in [3.05, 3.63) is 41.5 Å². The average molecular weight is 382 g/mol. The molecule has 0 bridgehead atoms. The minimum absolute atomic E-state index is 0.0196. The lowest BCUT2D eigenvalue weighted by Crippen LogP contribution is -2.34. The molecule has 27 heavy (non-hydrogen) atoms. The van der Waals surface area contributed by atoms with E-state index in [4.69, 9.17) is 4.74 Å². The number of amides is 1. The normalized spacial score (nSPS) is 16.7. The summed E-state index contributed by atoms with van der Waals surface area (Å²) in [5.74, 6) is -0.0276. The van der Waals surface area contributed by atoms with E-state index in [9.17, 15) is 18.0 Å². The fourth-order valence-corrected chi connectivity index (χ4v) is 3.08. The van der Waals surface area contributed by atoms with Crippen LogP contribution in [0.4, 0.5) is 13.2 Å². The summed E-state index contributed by atoms with van der Waals surface area (Å²) in [5, 5.41) is 10.6. The maximum absolute atomic E-state index is 13.0. The number of alkyl halides is 3. The molecular weight excluding hydrogens is 361 g/mol. The molecule has 0 spiro atoms. The molecular formula is C18H21F3N4O2. The van der Waals surface area contributed by atoms with Crippen molar-refractivity contribution < 1.29 is 22.7 Å². The molecule has 0 saturated carbocycles. The Bertz CT molecular complexity index is 787. The van der Waals surface area contributed by atoms with Crippen LogP contribution in [0.25, 0.3) is 0 Å². The van der Waals surface area contributed by atoms with Gasteiger partial charge in [0.15, 0.2) is 5.82 Å². The number of fused-ring (bicyclic) bond motifs is 1. The van der Waals surface area contributed by atoms with Gasteiger partial charge in [0, 0.05) is 13.0 Å². The molecule has 6 nitrogen and oxygen atoms in total. The Morgan fingerprint density at radius 3 is 2.70 bits per heavy atom. The van der Waals surface area contributed by atoms with Gasteiger partial charge < -0.3 is 14.6 Å². The number of hydrogen-bond donors (Lipinski definition) is 1. The average Bonchev–Trinajstić information content (AvgIpc) is 3.03. The van der Waals surface area contributed by atoms with Gasteiger partial charge in [-0.1, -0.05) is 12.1 Å². The largest absolute Gasteiger partial charge is 0.494 e. The first-order chi connectivity index (χ1) is 12.9. The van der Waals surface area contributed by atoms with Crippen molar-refractivity contribution in [2.24, 2.45) is 5.92 Å². The van der Waals surface area contributed by atoms with Gasteiger partial charge in [-0.05, 0) is 31.0 Å². The molecule has 2 aromatic rings. The molecule has 0 unspecified atom stereocenters. The van der Waals surface area contributed by atoms with Gasteiger partial charge in [0.25, 0.3) is 0 Å². The molecule has 0 fully saturated rings. The Morgan fingerprint density at radius 2 is 2.04 bits per heavy atom. The van der Waals surface area contributed by atoms with Gasteiger partial charge in [-0.25, -0.2) is 0 Å². The van der Waals surface area contributed by atoms with E-state index in [1.807, 2.05) is 6.92 Å². The number of nitrogens with one attached hydrogen (secondary N) is 1. The molecule has 2 heterocycles. The Labute approximate surface area is 154 Å². The predicted octanol–water partition coefficient (Wildman–Crippen LogP) is 2.66. The number of nitrogens with zero attached hydrogens (tertiary/aromatic N) is 3. The Hall–Kier alpha value is -2.58. The number of ether oxygens (including phenoxy) is 1. The Morgan fingerprint density at radius 1 is 1.30 bits per heavy atom. The zero-order valence-corrected chi connectivity index (χ0v) is 14.9. The molecule has 1 amide bonds. The maximum Gasteiger partial charge on any atom is 0.393 e. The van der Waals surface area contributed by atoms with Crippen LogP contribution >= 0.6 is 0 Å². The first-order valence-electron chi connectivity index (χ1n) is 8.83. The van der Waals surface area contributed by atoms with Gasteiger partial charge in [-0.15, -0.1) is 10.2 Å². The summed E-state index contributed by atoms with van der Waals surface area (Å²) in [6.07, 6.45) is -3.82. The second-order valence-electron chi connectivity index (χ2n) is 6.45. The van der Waals surface area contributed by atoms with Gasteiger partial charge >= 0.3 is 6.18 Å². The van der Waals surface area contributed by atoms with E-state index >= 15 is 0 Å². The first kappa shape index (κ1) is 19.2. The van der Waals surface area contributed by atoms with Gasteiger partial charge in [0.05, 0.1) is 25.5 Å². The monoisotopic (exact) mass is 382 g/mol. The maximum atomic E-state index is 13.0. The second-order valence-corrected chi connectivity index (χ2v) is 6.45. The molecule has 0 radical (unpaired) electrons. The van der Waals surface area contributed by atoms with Gasteiger partial charge in [0.1, 0.15) is 11.6 Å². The van der Waals surface area contributed by atoms with Crippen LogP contribution < -0.4 is 10.1 Å². The van der Waals surface area contributed by atoms with Gasteiger partial charge in [-0.3, -0.25) is 4.79 Å². The summed E-state index contributed by atoms with van der Waals surface area (Å²) in [6.45, 7) is 2.31. The third kappa shape index (κ3) is 4.78. The van der Waals surface area contributed by atoms with Gasteiger partial charge in [0.2, 0.25) is 5.91 Å². The van der Waals surface area contributed by atoms with E-state index in [1.54, 1.807) is 24.3 Å². The smallest absolute Gasteiger partial charge is 0.393 e. The highest BCUT2D eigenvalue weighted by atomic mass is 19.4. The van der Waals surface area contributed by atoms with Crippen LogP contribution in [0.3, 0.4) is 0 Å². The number of aromatic nitrogens is 3. The minimum atomic E-state index is -4.24. The van der Waals surface area contributed by atoms with Crippen molar-refractivity contribution >= 4 is 5.91 Å². The highest BCUT2D eigenvalue weighted by molar-refractivity contribution is 5.78. The molecule has 1 aromatic carbocycles. The lowest BCUT2D eigenvalue weighted by Gasteiger charge is -2.26. The third-order valence-electron chi connectivity index (χ3n) is 4.53. The molecule has 9 heteroatoms. The number of aryl methyl sites for hydroxylation is 1. The van der Waals surface area contributed by atoms with Crippen LogP contribution in [0.5, 0.6) is 5.75 Å². The van der Waals surface area contributed by atoms with Crippen LogP contribution in [0, 0.1) is 5.92 Å². The summed E-state index contributed by atoms with van der Waals surface area (Å²) >= 11 is 0. The fourth-order valence-electron chi connectivity index (χ4n) is 3.08. The molecule has 1 aliphatic heterocycles. The molecule has 1 N–H and O–H groups in total. The summed E-state index contributed by atoms with van der Waals surface area (Å²) < 4.78 is 45.7. The summed E-state index contributed by atoms with van der Waals surface area (Å²) in [7, 11) is 0. The Balaban J connectivity index is 1.56. The van der Waals surface area contributed by atoms with Crippen LogP contribution in [-0.2, 0) is 30.7 Å². The van der Waals surface area contributed by atoms with Crippen LogP contribution in [0.2, 0.25) is 0 Å². The second kappa shape index (κ2) is 7.98. The number of hydrogen-bond acceptors (Lipinski definition) is 4. The summed E-state index contributed by atoms with van der Waals surface area (Å²) in [4.78, 5) is 12.1. The van der Waals surface area contributed by atoms with E-state index < -0.39 is 12.1 Å². The van der Waals surface area contributed by atoms with E-state index in [0.717, 1.165) is 11.3 Å². The SMILES string of the molecule is CCOc1ccc(CC(=O)NCc2nnc3n2C[C@@H](C(F)(F)F)CC3)cc1. The van der Waals surface area contributed by atoms with E-state index in [2.05, 4.69) is 15.5 Å². The summed E-state index contributed by atoms with van der Waals surface area (Å²) in [5.41, 5.74) is 0.816. The van der Waals surface area contributed by atoms with E-state index in [0.29, 0.717) is 18.3 Å². The van der Waals surface area contributed by atoms with E-state index in [-0.39, 0.29) is 38.3 Å². The zero-order chi connectivity index (χ0) is 19.4. The van der Waals surface area contributed by atoms with Crippen molar-refractivity contribution in [1.82, 2.24) is 20.1 Å². The topological polar surface area (TPSA) is 69.0 Å². The number of rotatable bonds is 6. The lowest BCUT2D eigenvalue weighted by molar-refractivity contribution is -0.182. The van der Waals surface area contributed by atoms with Gasteiger partial charge in [-0.2, -0.15) is 13.2 Å². The fraction of sp³-hybridized carbons (Fsp3) is 0.500. The summed E-state index contributed by atoms with van der Waals surface area (Å²) in [6, 6.07) is 7.19. The molecule has 1 aromatic heterocycles. The van der Waals surface area contributed by atoms with Crippen molar-refractivity contribution in [3.63, 3.8) is 0 Å². The highest BCUT2D eigenvalue weighted by Gasteiger charge is 2.42. The number of halogens is 3. The number of carbonyl (C=O) groups is 1. The standard InChI is InChI=1S/C18H21F3N4O2/c1-2-27-14-6-3-12(4-7-14)9-17(26)22-10-16-24-23-15-8-5-13(11-25(15)16)18(19,20)21/h3-4,6-7,13H,2,5,8-11H2,1H3,(H,22,26)/t13-/m0/s1. The van der Waals surface area contributed by atoms with E-state index in [1.165, 1.54) is 4.57 Å². The molecule has 1 aliphatic rings. The molecule has 146 valence electrons. The lowest BCUT2D eigenvalue weighted by atomic mass is 9.99. The molecule has 0 aliphatic carbocycles. The van der Waals surface area contributed by atoms with Crippen LogP contribution in [0.1, 0.15) is 30.6 Å². The van der Waals surface area contributed by atoms with Crippen LogP contribution in [-0.4, -0.2) is 33.5 Å². The first-order valence-corrected chi connectivity index (χ1v) is 8.83. The number of carbonyl (C=O) groups excluding carboxylic acids is 1. The van der Waals surface area contributed by atoms with Crippen molar-refractivity contribution in [2.75, 3.05) is 6.61 Å².